The third-order valence-corrected chi connectivity index (χ3v) is 18.2. The predicted molar refractivity (Wildman–Crippen MR) is 216 cm³/mol. The van der Waals surface area contributed by atoms with Crippen LogP contribution < -0.4 is 14.8 Å². The summed E-state index contributed by atoms with van der Waals surface area (Å²) in [7, 11) is -6.10. The molecule has 2 aliphatic carbocycles. The second-order valence-electron chi connectivity index (χ2n) is 16.7. The zero-order chi connectivity index (χ0) is 38.8. The van der Waals surface area contributed by atoms with E-state index in [0.29, 0.717) is 55.6 Å². The number of ether oxygens (including phenoxy) is 1. The number of hydrogen-bond acceptors (Lipinski definition) is 6. The molecule has 0 bridgehead atoms. The molecule has 286 valence electrons. The molecule has 0 unspecified atom stereocenters. The highest BCUT2D eigenvalue weighted by molar-refractivity contribution is 7.92. The Morgan fingerprint density at radius 2 is 1.38 bits per heavy atom. The van der Waals surface area contributed by atoms with Crippen LogP contribution in [-0.2, 0) is 52.1 Å². The van der Waals surface area contributed by atoms with E-state index in [9.17, 15) is 4.79 Å². The Morgan fingerprint density at radius 1 is 0.891 bits per heavy atom. The van der Waals surface area contributed by atoms with Crippen molar-refractivity contribution >= 4 is 30.0 Å². The first-order valence-corrected chi connectivity index (χ1v) is 23.3. The van der Waals surface area contributed by atoms with Crippen LogP contribution in [0.4, 0.5) is 14.9 Å². The Hall–Kier alpha value is -4.78. The van der Waals surface area contributed by atoms with E-state index in [0.717, 1.165) is 27.8 Å². The van der Waals surface area contributed by atoms with Gasteiger partial charge in [0.15, 0.2) is 18.2 Å². The summed E-state index contributed by atoms with van der Waals surface area (Å²) in [5, 5.41) is 7.67. The van der Waals surface area contributed by atoms with Gasteiger partial charge in [-0.15, -0.1) is 0 Å². The number of benzene rings is 4. The van der Waals surface area contributed by atoms with Gasteiger partial charge in [-0.2, -0.15) is 9.46 Å². The lowest BCUT2D eigenvalue weighted by atomic mass is 9.76. The summed E-state index contributed by atoms with van der Waals surface area (Å²) in [5.74, 6) is 0.104. The van der Waals surface area contributed by atoms with Crippen LogP contribution in [0.15, 0.2) is 106 Å². The van der Waals surface area contributed by atoms with Crippen molar-refractivity contribution in [3.8, 4) is 5.88 Å². The Morgan fingerprint density at radius 3 is 1.84 bits per heavy atom. The molecule has 9 nitrogen and oxygen atoms in total. The van der Waals surface area contributed by atoms with E-state index in [4.69, 9.17) is 13.5 Å². The number of rotatable bonds is 10. The molecule has 12 heteroatoms. The third-order valence-electron chi connectivity index (χ3n) is 11.9. The maximum absolute atomic E-state index is 16.2. The number of amides is 2. The summed E-state index contributed by atoms with van der Waals surface area (Å²) in [6.45, 7) is 13.6. The van der Waals surface area contributed by atoms with E-state index < -0.39 is 35.4 Å². The minimum atomic E-state index is -3.96. The van der Waals surface area contributed by atoms with E-state index in [1.807, 2.05) is 97.9 Å². The van der Waals surface area contributed by atoms with Gasteiger partial charge in [-0.05, 0) is 89.7 Å². The fraction of sp³-hybridized carbons (Fsp3) is 0.349. The summed E-state index contributed by atoms with van der Waals surface area (Å²) in [5.41, 5.74) is 3.58. The average Bonchev–Trinajstić information content (AvgIpc) is 3.66. The lowest BCUT2D eigenvalue weighted by Crippen LogP contribution is -2.47. The fourth-order valence-electron chi connectivity index (χ4n) is 7.55. The molecule has 0 radical (unpaired) electrons. The number of urea groups is 1. The number of fused-ring (bicyclic) bond motifs is 3. The van der Waals surface area contributed by atoms with Crippen molar-refractivity contribution in [3.63, 3.8) is 0 Å². The standard InChI is InChI=1S/C43H48FN5O4SSi/c1-41(2,3)55(5,6)52-28-42(4)27-49-39(53-42)36(26-45-49)54(51,47-40(50)46-38-34-24-22-32(34)37(44)33-23-25-35(33)38)48-43(29-16-10-7-11-17-29,30-18-12-8-13-19-30)31-20-14-9-15-21-31/h7-21,26H,22-25,27-28H2,1-6H3,(H2,46,47,48,50,51)/t42-,54-/m0/s1. The van der Waals surface area contributed by atoms with Crippen molar-refractivity contribution in [3.05, 3.63) is 142 Å². The molecule has 5 aromatic rings. The molecule has 0 fully saturated rings. The van der Waals surface area contributed by atoms with Crippen LogP contribution in [0.3, 0.4) is 0 Å². The Bertz CT molecular complexity index is 2280. The zero-order valence-electron chi connectivity index (χ0n) is 32.2. The summed E-state index contributed by atoms with van der Waals surface area (Å²) < 4.78 is 54.6. The molecule has 1 aromatic heterocycles. The van der Waals surface area contributed by atoms with Gasteiger partial charge < -0.3 is 14.5 Å². The van der Waals surface area contributed by atoms with Crippen molar-refractivity contribution in [2.24, 2.45) is 4.36 Å². The van der Waals surface area contributed by atoms with Crippen LogP contribution >= 0.6 is 0 Å². The second kappa shape index (κ2) is 13.5. The summed E-state index contributed by atoms with van der Waals surface area (Å²) in [4.78, 5) is 14.5. The molecular weight excluding hydrogens is 730 g/mol. The van der Waals surface area contributed by atoms with Crippen LogP contribution in [0.5, 0.6) is 5.88 Å². The molecule has 4 aromatic carbocycles. The number of nitrogens with one attached hydrogen (secondary N) is 2. The Kier molecular flexibility index (Phi) is 9.09. The van der Waals surface area contributed by atoms with Crippen molar-refractivity contribution in [2.45, 2.75) is 94.1 Å². The lowest BCUT2D eigenvalue weighted by molar-refractivity contribution is 0.0449. The fourth-order valence-corrected chi connectivity index (χ4v) is 10.5. The number of aromatic nitrogens is 2. The van der Waals surface area contributed by atoms with E-state index in [1.165, 1.54) is 6.20 Å². The van der Waals surface area contributed by atoms with Gasteiger partial charge in [0.25, 0.3) is 0 Å². The van der Waals surface area contributed by atoms with Crippen molar-refractivity contribution < 1.29 is 22.6 Å². The summed E-state index contributed by atoms with van der Waals surface area (Å²) in [6, 6.07) is 28.3. The number of halogens is 1. The van der Waals surface area contributed by atoms with E-state index in [2.05, 4.69) is 49.0 Å². The van der Waals surface area contributed by atoms with Crippen LogP contribution in [-0.4, -0.2) is 40.5 Å². The number of nitrogens with zero attached hydrogens (tertiary/aromatic N) is 3. The Labute approximate surface area is 324 Å². The lowest BCUT2D eigenvalue weighted by Gasteiger charge is -2.38. The number of carbonyl (C=O) groups excluding carboxylic acids is 1. The van der Waals surface area contributed by atoms with Crippen LogP contribution in [0.2, 0.25) is 18.1 Å². The SMILES string of the molecule is CC(C)(C)[Si](C)(C)OC[C@]1(C)Cn2ncc([S@@](=O)(=NC(c3ccccc3)(c3ccccc3)c3ccccc3)NC(=O)Nc3c4c(c(F)c5c3CC5)CC4)c2O1. The average molecular weight is 778 g/mol. The highest BCUT2D eigenvalue weighted by Gasteiger charge is 2.46. The number of carbonyl (C=O) groups is 1. The maximum Gasteiger partial charge on any atom is 0.331 e. The molecule has 2 N–H and O–H groups in total. The van der Waals surface area contributed by atoms with Crippen LogP contribution in [0.1, 0.15) is 66.6 Å². The molecule has 0 saturated heterocycles. The first-order chi connectivity index (χ1) is 26.1. The van der Waals surface area contributed by atoms with Crippen LogP contribution in [0.25, 0.3) is 0 Å². The molecule has 3 aliphatic rings. The van der Waals surface area contributed by atoms with Crippen LogP contribution in [0, 0.1) is 5.82 Å². The minimum absolute atomic E-state index is 0.00639. The van der Waals surface area contributed by atoms with Crippen molar-refractivity contribution in [1.82, 2.24) is 14.5 Å². The first-order valence-electron chi connectivity index (χ1n) is 18.9. The van der Waals surface area contributed by atoms with Crippen molar-refractivity contribution in [2.75, 3.05) is 11.9 Å². The molecule has 55 heavy (non-hydrogen) atoms. The molecule has 0 spiro atoms. The van der Waals surface area contributed by atoms with Gasteiger partial charge in [0.1, 0.15) is 21.9 Å². The number of hydrogen-bond donors (Lipinski definition) is 2. The number of anilines is 1. The van der Waals surface area contributed by atoms with Crippen molar-refractivity contribution in [1.29, 1.82) is 0 Å². The maximum atomic E-state index is 16.2. The molecular formula is C43H48FN5O4SSi. The largest absolute Gasteiger partial charge is 0.466 e. The highest BCUT2D eigenvalue weighted by Crippen LogP contribution is 2.46. The second-order valence-corrected chi connectivity index (χ2v) is 23.3. The van der Waals surface area contributed by atoms with Gasteiger partial charge in [-0.1, -0.05) is 112 Å². The van der Waals surface area contributed by atoms with Gasteiger partial charge in [-0.25, -0.2) is 22.8 Å². The van der Waals surface area contributed by atoms with E-state index in [1.54, 1.807) is 4.68 Å². The van der Waals surface area contributed by atoms with Gasteiger partial charge in [0.2, 0.25) is 5.88 Å². The van der Waals surface area contributed by atoms with E-state index in [-0.39, 0.29) is 21.6 Å². The zero-order valence-corrected chi connectivity index (χ0v) is 34.1. The minimum Gasteiger partial charge on any atom is -0.466 e. The van der Waals surface area contributed by atoms with Gasteiger partial charge in [0, 0.05) is 5.69 Å². The van der Waals surface area contributed by atoms with Gasteiger partial charge in [0.05, 0.1) is 19.3 Å². The summed E-state index contributed by atoms with van der Waals surface area (Å²) >= 11 is 0. The molecule has 8 rings (SSSR count). The van der Waals surface area contributed by atoms with Gasteiger partial charge in [-0.3, -0.25) is 0 Å². The molecule has 2 atom stereocenters. The summed E-state index contributed by atoms with van der Waals surface area (Å²) in [6.07, 6.45) is 4.06. The van der Waals surface area contributed by atoms with Gasteiger partial charge >= 0.3 is 6.03 Å². The van der Waals surface area contributed by atoms with E-state index >= 15 is 8.60 Å². The third kappa shape index (κ3) is 6.37. The predicted octanol–water partition coefficient (Wildman–Crippen LogP) is 8.95. The molecule has 1 aliphatic heterocycles. The topological polar surface area (TPSA) is 107 Å². The molecule has 2 heterocycles. The quantitative estimate of drug-likeness (QED) is 0.109. The highest BCUT2D eigenvalue weighted by atomic mass is 32.2. The molecule has 2 amide bonds. The monoisotopic (exact) mass is 777 g/mol. The normalized spacial score (nSPS) is 18.4. The Balaban J connectivity index is 1.29. The smallest absolute Gasteiger partial charge is 0.331 e. The molecule has 0 saturated carbocycles. The first kappa shape index (κ1) is 37.2.